The molecule has 16 heavy (non-hydrogen) atoms. The summed E-state index contributed by atoms with van der Waals surface area (Å²) in [5, 5.41) is 29.5. The molecule has 0 radical (unpaired) electrons. The van der Waals surface area contributed by atoms with E-state index in [-0.39, 0.29) is 29.6 Å². The van der Waals surface area contributed by atoms with Crippen molar-refractivity contribution in [1.29, 1.82) is 0 Å². The van der Waals surface area contributed by atoms with E-state index in [1.54, 1.807) is 0 Å². The fourth-order valence-corrected chi connectivity index (χ4v) is 1.54. The van der Waals surface area contributed by atoms with Crippen molar-refractivity contribution in [3.63, 3.8) is 0 Å². The molecule has 0 atom stereocenters. The summed E-state index contributed by atoms with van der Waals surface area (Å²) in [5.41, 5.74) is 0. The average molecular weight is 425 g/mol. The maximum atomic E-state index is 8.25. The Balaban J connectivity index is -0.000000166. The molecule has 78 valence electrons. The molecule has 1 rings (SSSR count). The fourth-order valence-electron chi connectivity index (χ4n) is 0.478. The maximum Gasteiger partial charge on any atom is 1.00 e. The first-order valence-electron chi connectivity index (χ1n) is 3.36. The summed E-state index contributed by atoms with van der Waals surface area (Å²) in [6, 6.07) is 10.6. The third kappa shape index (κ3) is 37.4. The van der Waals surface area contributed by atoms with Gasteiger partial charge in [0.05, 0.1) is 10.2 Å². The van der Waals surface area contributed by atoms with Crippen LogP contribution in [0.5, 0.6) is 0 Å². The Labute approximate surface area is 129 Å². The van der Waals surface area contributed by atoms with Gasteiger partial charge in [0.2, 0.25) is 0 Å². The molecule has 0 aliphatic heterocycles. The molecule has 0 N–H and O–H groups in total. The van der Waals surface area contributed by atoms with Gasteiger partial charge in [-0.05, 0) is 0 Å². The standard InChI is InChI=1S/C6H5.Hg.2NO3.Na/c1-2-4-6-5-3-1;;2*2-1(3)4;/h1-5H;;;;/q;+1;2*-1;+1. The van der Waals surface area contributed by atoms with Gasteiger partial charge in [0.25, 0.3) is 0 Å². The van der Waals surface area contributed by atoms with Crippen LogP contribution in [0, 0.1) is 30.6 Å². The molecule has 0 spiro atoms. The van der Waals surface area contributed by atoms with E-state index in [9.17, 15) is 0 Å². The number of nitrogens with zero attached hydrogens (tertiary/aromatic N) is 2. The van der Waals surface area contributed by atoms with Gasteiger partial charge in [-0.1, -0.05) is 0 Å². The minimum absolute atomic E-state index is 0. The van der Waals surface area contributed by atoms with Crippen molar-refractivity contribution >= 4 is 3.07 Å². The van der Waals surface area contributed by atoms with Gasteiger partial charge in [0, 0.05) is 0 Å². The molecule has 0 aliphatic carbocycles. The van der Waals surface area contributed by atoms with Gasteiger partial charge in [0.15, 0.2) is 0 Å². The molecule has 0 saturated carbocycles. The SMILES string of the molecule is O=[N+]([O-])[O-].O=[N+]([O-])[O-].[Hg+][c]1ccccc1.[Na+]. The zero-order chi connectivity index (χ0) is 12.3. The van der Waals surface area contributed by atoms with E-state index in [1.165, 1.54) is 3.07 Å². The molecule has 0 amide bonds. The van der Waals surface area contributed by atoms with E-state index in [1.807, 2.05) is 0 Å². The van der Waals surface area contributed by atoms with Crippen molar-refractivity contribution in [3.8, 4) is 0 Å². The number of hydrogen-bond donors (Lipinski definition) is 0. The van der Waals surface area contributed by atoms with Crippen molar-refractivity contribution in [2.24, 2.45) is 0 Å². The molecule has 0 unspecified atom stereocenters. The second-order valence-electron chi connectivity index (χ2n) is 1.93. The summed E-state index contributed by atoms with van der Waals surface area (Å²) in [5.74, 6) is 0. The van der Waals surface area contributed by atoms with Gasteiger partial charge in [0.1, 0.15) is 0 Å². The van der Waals surface area contributed by atoms with E-state index < -0.39 is 10.2 Å². The molecule has 0 fully saturated rings. The Morgan fingerprint density at radius 1 is 0.875 bits per heavy atom. The summed E-state index contributed by atoms with van der Waals surface area (Å²) in [4.78, 5) is 16.5. The second kappa shape index (κ2) is 14.6. The van der Waals surface area contributed by atoms with E-state index in [0.717, 1.165) is 26.1 Å². The molecular formula is C6H5HgN2NaO6. The number of benzene rings is 1. The first-order valence-corrected chi connectivity index (χ1v) is 6.11. The van der Waals surface area contributed by atoms with Crippen LogP contribution in [0.25, 0.3) is 0 Å². The van der Waals surface area contributed by atoms with Crippen molar-refractivity contribution in [2.45, 2.75) is 0 Å². The van der Waals surface area contributed by atoms with E-state index >= 15 is 0 Å². The second-order valence-corrected chi connectivity index (χ2v) is 5.11. The van der Waals surface area contributed by atoms with E-state index in [2.05, 4.69) is 30.3 Å². The van der Waals surface area contributed by atoms with Crippen LogP contribution in [-0.4, -0.2) is 10.2 Å². The minimum Gasteiger partial charge on any atom is 1.00 e. The van der Waals surface area contributed by atoms with Gasteiger partial charge in [-0.3, -0.25) is 0 Å². The Bertz CT molecular complexity index is 278. The Kier molecular flexibility index (Phi) is 19.0. The zero-order valence-electron chi connectivity index (χ0n) is 8.44. The molecule has 10 heteroatoms. The Hall–Kier alpha value is -0.445. The first-order chi connectivity index (χ1) is 6.86. The van der Waals surface area contributed by atoms with Crippen molar-refractivity contribution in [2.75, 3.05) is 0 Å². The molecule has 0 bridgehead atoms. The van der Waals surface area contributed by atoms with Crippen LogP contribution in [0.1, 0.15) is 0 Å². The zero-order valence-corrected chi connectivity index (χ0v) is 15.9. The fraction of sp³-hybridized carbons (Fsp3) is 0. The third-order valence-corrected chi connectivity index (χ3v) is 2.68. The largest absolute Gasteiger partial charge is 1.00 e. The average Bonchev–Trinajstić information content (AvgIpc) is 2.03. The van der Waals surface area contributed by atoms with Gasteiger partial charge < -0.3 is 30.6 Å². The Morgan fingerprint density at radius 2 is 1.12 bits per heavy atom. The molecule has 0 saturated heterocycles. The topological polar surface area (TPSA) is 132 Å². The molecule has 0 aliphatic rings. The molecule has 1 aromatic rings. The van der Waals surface area contributed by atoms with Gasteiger partial charge in [-0.2, -0.15) is 0 Å². The monoisotopic (exact) mass is 426 g/mol. The molecular weight excluding hydrogens is 420 g/mol. The summed E-state index contributed by atoms with van der Waals surface area (Å²) in [7, 11) is 0. The molecule has 0 aromatic heterocycles. The normalized spacial score (nSPS) is 6.88. The van der Waals surface area contributed by atoms with E-state index in [4.69, 9.17) is 30.6 Å². The molecule has 8 nitrogen and oxygen atoms in total. The van der Waals surface area contributed by atoms with E-state index in [0.29, 0.717) is 0 Å². The van der Waals surface area contributed by atoms with Crippen LogP contribution in [-0.2, 0) is 26.1 Å². The quantitative estimate of drug-likeness (QED) is 0.254. The number of rotatable bonds is 0. The smallest absolute Gasteiger partial charge is 1.00 e. The van der Waals surface area contributed by atoms with Crippen LogP contribution in [0.15, 0.2) is 30.3 Å². The predicted octanol–water partition coefficient (Wildman–Crippen LogP) is -2.62. The van der Waals surface area contributed by atoms with Crippen LogP contribution >= 0.6 is 0 Å². The first kappa shape index (κ1) is 20.9. The van der Waals surface area contributed by atoms with Crippen LogP contribution in [0.3, 0.4) is 0 Å². The van der Waals surface area contributed by atoms with Crippen molar-refractivity contribution < 1.29 is 65.9 Å². The van der Waals surface area contributed by atoms with Crippen LogP contribution in [0.4, 0.5) is 0 Å². The third-order valence-electron chi connectivity index (χ3n) is 0.843. The van der Waals surface area contributed by atoms with Gasteiger partial charge in [-0.25, -0.2) is 0 Å². The molecule has 0 heterocycles. The molecule has 1 aromatic carbocycles. The summed E-state index contributed by atoms with van der Waals surface area (Å²) >= 11 is 0.810. The summed E-state index contributed by atoms with van der Waals surface area (Å²) in [6.45, 7) is 0. The van der Waals surface area contributed by atoms with Crippen LogP contribution in [0.2, 0.25) is 0 Å². The van der Waals surface area contributed by atoms with Crippen molar-refractivity contribution in [1.82, 2.24) is 0 Å². The maximum absolute atomic E-state index is 8.25. The van der Waals surface area contributed by atoms with Crippen molar-refractivity contribution in [3.05, 3.63) is 61.0 Å². The van der Waals surface area contributed by atoms with Gasteiger partial charge >= 0.3 is 89.1 Å². The summed E-state index contributed by atoms with van der Waals surface area (Å²) < 4.78 is 1.52. The summed E-state index contributed by atoms with van der Waals surface area (Å²) in [6.07, 6.45) is 0. The predicted molar refractivity (Wildman–Crippen MR) is 46.8 cm³/mol. The number of hydrogen-bond acceptors (Lipinski definition) is 6. The van der Waals surface area contributed by atoms with Gasteiger partial charge in [-0.15, -0.1) is 0 Å². The van der Waals surface area contributed by atoms with Crippen LogP contribution < -0.4 is 32.6 Å². The Morgan fingerprint density at radius 3 is 1.25 bits per heavy atom. The minimum atomic E-state index is -1.75.